The zero-order valence-corrected chi connectivity index (χ0v) is 16.8. The molecule has 3 aromatic rings. The van der Waals surface area contributed by atoms with Crippen molar-refractivity contribution in [2.45, 2.75) is 51.1 Å². The molecule has 4 heterocycles. The van der Waals surface area contributed by atoms with E-state index in [2.05, 4.69) is 15.1 Å². The van der Waals surface area contributed by atoms with Crippen LogP contribution >= 0.6 is 0 Å². The minimum Gasteiger partial charge on any atom is -0.337 e. The average molecular weight is 395 g/mol. The van der Waals surface area contributed by atoms with Gasteiger partial charge < -0.3 is 4.90 Å². The summed E-state index contributed by atoms with van der Waals surface area (Å²) in [6.07, 6.45) is 7.64. The van der Waals surface area contributed by atoms with Crippen LogP contribution in [0.15, 0.2) is 21.9 Å². The molecule has 1 atom stereocenters. The number of nitrogens with zero attached hydrogens (tertiary/aromatic N) is 7. The summed E-state index contributed by atoms with van der Waals surface area (Å²) < 4.78 is 4.82. The number of hydrogen-bond acceptors (Lipinski definition) is 6. The van der Waals surface area contributed by atoms with Crippen molar-refractivity contribution in [1.29, 1.82) is 0 Å². The van der Waals surface area contributed by atoms with Gasteiger partial charge in [-0.2, -0.15) is 15.2 Å². The van der Waals surface area contributed by atoms with E-state index >= 15 is 0 Å². The van der Waals surface area contributed by atoms with Crippen LogP contribution in [0.4, 0.5) is 5.95 Å². The lowest BCUT2D eigenvalue weighted by Gasteiger charge is -2.27. The Morgan fingerprint density at radius 1 is 1.14 bits per heavy atom. The van der Waals surface area contributed by atoms with Gasteiger partial charge in [0, 0.05) is 26.7 Å². The maximum absolute atomic E-state index is 12.8. The summed E-state index contributed by atoms with van der Waals surface area (Å²) in [6.45, 7) is 1.30. The van der Waals surface area contributed by atoms with Crippen molar-refractivity contribution in [3.63, 3.8) is 0 Å². The van der Waals surface area contributed by atoms with E-state index in [0.29, 0.717) is 23.5 Å². The molecule has 2 aliphatic rings. The summed E-state index contributed by atoms with van der Waals surface area (Å²) in [5.74, 6) is 0.625. The van der Waals surface area contributed by atoms with Crippen LogP contribution in [0.25, 0.3) is 11.0 Å². The van der Waals surface area contributed by atoms with Gasteiger partial charge in [0.2, 0.25) is 5.95 Å². The molecule has 0 amide bonds. The smallest absolute Gasteiger partial charge is 0.267 e. The molecule has 0 bridgehead atoms. The van der Waals surface area contributed by atoms with Crippen LogP contribution in [-0.4, -0.2) is 41.7 Å². The first-order valence-electron chi connectivity index (χ1n) is 10.3. The van der Waals surface area contributed by atoms with E-state index < -0.39 is 0 Å². The molecule has 9 nitrogen and oxygen atoms in total. The zero-order valence-electron chi connectivity index (χ0n) is 16.8. The van der Waals surface area contributed by atoms with Gasteiger partial charge in [-0.1, -0.05) is 0 Å². The molecule has 5 rings (SSSR count). The Hall–Kier alpha value is -2.97. The summed E-state index contributed by atoms with van der Waals surface area (Å²) in [6, 6.07) is 1.84. The fraction of sp³-hybridized carbons (Fsp3) is 0.550. The number of rotatable bonds is 3. The van der Waals surface area contributed by atoms with E-state index in [1.165, 1.54) is 0 Å². The molecule has 0 saturated carbocycles. The Morgan fingerprint density at radius 3 is 2.83 bits per heavy atom. The predicted molar refractivity (Wildman–Crippen MR) is 109 cm³/mol. The summed E-state index contributed by atoms with van der Waals surface area (Å²) in [4.78, 5) is 32.3. The first-order valence-corrected chi connectivity index (χ1v) is 10.3. The lowest BCUT2D eigenvalue weighted by Crippen LogP contribution is -2.40. The molecule has 1 aliphatic carbocycles. The monoisotopic (exact) mass is 395 g/mol. The van der Waals surface area contributed by atoms with Crippen molar-refractivity contribution >= 4 is 17.0 Å². The number of fused-ring (bicyclic) bond motifs is 2. The normalized spacial score (nSPS) is 19.1. The number of hydrogen-bond donors (Lipinski definition) is 0. The molecule has 1 saturated heterocycles. The van der Waals surface area contributed by atoms with E-state index in [-0.39, 0.29) is 17.2 Å². The second-order valence-corrected chi connectivity index (χ2v) is 8.11. The van der Waals surface area contributed by atoms with Crippen molar-refractivity contribution < 1.29 is 0 Å². The Bertz CT molecular complexity index is 1210. The van der Waals surface area contributed by atoms with Gasteiger partial charge in [-0.05, 0) is 44.1 Å². The zero-order chi connectivity index (χ0) is 20.1. The van der Waals surface area contributed by atoms with Crippen molar-refractivity contribution in [2.75, 3.05) is 11.4 Å². The van der Waals surface area contributed by atoms with Crippen LogP contribution in [-0.2, 0) is 33.5 Å². The van der Waals surface area contributed by atoms with Crippen LogP contribution in [0.1, 0.15) is 36.9 Å². The molecular formula is C20H25N7O2. The van der Waals surface area contributed by atoms with Gasteiger partial charge in [-0.15, -0.1) is 0 Å². The first-order chi connectivity index (χ1) is 14.0. The van der Waals surface area contributed by atoms with Gasteiger partial charge in [0.25, 0.3) is 11.1 Å². The molecule has 9 heteroatoms. The summed E-state index contributed by atoms with van der Waals surface area (Å²) in [5, 5.41) is 9.36. The van der Waals surface area contributed by atoms with Gasteiger partial charge in [0.05, 0.1) is 24.5 Å². The lowest BCUT2D eigenvalue weighted by atomic mass is 9.97. The third kappa shape index (κ3) is 2.95. The second kappa shape index (κ2) is 6.82. The van der Waals surface area contributed by atoms with Crippen LogP contribution in [0.5, 0.6) is 0 Å². The molecule has 152 valence electrons. The summed E-state index contributed by atoms with van der Waals surface area (Å²) in [7, 11) is 3.53. The Balaban J connectivity index is 1.51. The molecule has 29 heavy (non-hydrogen) atoms. The molecule has 1 unspecified atom stereocenters. The third-order valence-electron chi connectivity index (χ3n) is 6.24. The topological polar surface area (TPSA) is 90.8 Å². The van der Waals surface area contributed by atoms with Crippen molar-refractivity contribution in [2.24, 2.45) is 14.1 Å². The first kappa shape index (κ1) is 18.1. The molecule has 1 aliphatic heterocycles. The largest absolute Gasteiger partial charge is 0.337 e. The summed E-state index contributed by atoms with van der Waals surface area (Å²) >= 11 is 0. The molecule has 0 radical (unpaired) electrons. The van der Waals surface area contributed by atoms with E-state index in [9.17, 15) is 9.59 Å². The maximum atomic E-state index is 12.8. The lowest BCUT2D eigenvalue weighted by molar-refractivity contribution is 0.468. The predicted octanol–water partition coefficient (Wildman–Crippen LogP) is 0.771. The number of aromatic nitrogens is 6. The quantitative estimate of drug-likeness (QED) is 0.651. The fourth-order valence-electron chi connectivity index (χ4n) is 4.63. The molecule has 0 aromatic carbocycles. The van der Waals surface area contributed by atoms with Gasteiger partial charge >= 0.3 is 0 Å². The standard InChI is InChI=1S/C20H25N7O2/c1-24-19(29)15-11-21-25(2)18(15)22-20(24)26-9-5-7-14(26)12-27-17(28)10-13-6-3-4-8-16(13)23-27/h10-11,14H,3-9,12H2,1-2H3. The Morgan fingerprint density at radius 2 is 1.97 bits per heavy atom. The van der Waals surface area contributed by atoms with Crippen LogP contribution in [0.3, 0.4) is 0 Å². The number of anilines is 1. The average Bonchev–Trinajstić information content (AvgIpc) is 3.32. The van der Waals surface area contributed by atoms with E-state index in [1.54, 1.807) is 40.3 Å². The minimum absolute atomic E-state index is 0.0403. The van der Waals surface area contributed by atoms with Gasteiger partial charge in [-0.3, -0.25) is 18.8 Å². The van der Waals surface area contributed by atoms with Crippen LogP contribution in [0.2, 0.25) is 0 Å². The van der Waals surface area contributed by atoms with Gasteiger partial charge in [-0.25, -0.2) is 4.68 Å². The minimum atomic E-state index is -0.104. The van der Waals surface area contributed by atoms with Crippen LogP contribution < -0.4 is 16.0 Å². The highest BCUT2D eigenvalue weighted by Gasteiger charge is 2.30. The molecule has 1 fully saturated rings. The molecule has 0 spiro atoms. The third-order valence-corrected chi connectivity index (χ3v) is 6.24. The summed E-state index contributed by atoms with van der Waals surface area (Å²) in [5.41, 5.74) is 2.60. The molecule has 3 aromatic heterocycles. The number of aryl methyl sites for hydroxylation is 3. The highest BCUT2D eigenvalue weighted by atomic mass is 16.1. The Kier molecular flexibility index (Phi) is 4.25. The highest BCUT2D eigenvalue weighted by Crippen LogP contribution is 2.25. The Labute approximate surface area is 167 Å². The van der Waals surface area contributed by atoms with Crippen molar-refractivity contribution in [3.8, 4) is 0 Å². The van der Waals surface area contributed by atoms with E-state index in [1.807, 2.05) is 0 Å². The fourth-order valence-corrected chi connectivity index (χ4v) is 4.63. The van der Waals surface area contributed by atoms with Crippen molar-refractivity contribution in [3.05, 3.63) is 44.2 Å². The van der Waals surface area contributed by atoms with E-state index in [4.69, 9.17) is 4.98 Å². The highest BCUT2D eigenvalue weighted by molar-refractivity contribution is 5.74. The van der Waals surface area contributed by atoms with Gasteiger partial charge in [0.1, 0.15) is 5.39 Å². The second-order valence-electron chi connectivity index (χ2n) is 8.11. The van der Waals surface area contributed by atoms with Crippen LogP contribution in [0, 0.1) is 0 Å². The van der Waals surface area contributed by atoms with Gasteiger partial charge in [0.15, 0.2) is 5.65 Å². The molecular weight excluding hydrogens is 370 g/mol. The van der Waals surface area contributed by atoms with E-state index in [0.717, 1.165) is 56.3 Å². The maximum Gasteiger partial charge on any atom is 0.267 e. The SMILES string of the molecule is Cn1c(N2CCCC2Cn2nc3c(cc2=O)CCCC3)nc2c(cnn2C)c1=O. The van der Waals surface area contributed by atoms with Crippen molar-refractivity contribution in [1.82, 2.24) is 29.1 Å². The molecule has 0 N–H and O–H groups in total.